The minimum Gasteiger partial charge on any atom is -0.454 e. The fourth-order valence-corrected chi connectivity index (χ4v) is 1.14. The molecule has 0 saturated carbocycles. The van der Waals surface area contributed by atoms with Crippen molar-refractivity contribution in [2.75, 3.05) is 0 Å². The van der Waals surface area contributed by atoms with Gasteiger partial charge in [0.15, 0.2) is 0 Å². The van der Waals surface area contributed by atoms with Crippen LogP contribution in [-0.2, 0) is 14.3 Å². The summed E-state index contributed by atoms with van der Waals surface area (Å²) in [4.78, 5) is 23.1. The van der Waals surface area contributed by atoms with Gasteiger partial charge >= 0.3 is 5.97 Å². The first-order valence-electron chi connectivity index (χ1n) is 5.39. The van der Waals surface area contributed by atoms with Gasteiger partial charge in [0.05, 0.1) is 0 Å². The molecule has 0 aliphatic rings. The van der Waals surface area contributed by atoms with Crippen molar-refractivity contribution >= 4 is 11.8 Å². The summed E-state index contributed by atoms with van der Waals surface area (Å²) < 4.78 is 4.94. The number of hydroxylamine groups is 1. The second kappa shape index (κ2) is 5.96. The number of nitrogens with one attached hydrogen (secondary N) is 1. The van der Waals surface area contributed by atoms with Crippen LogP contribution in [0.1, 0.15) is 41.0 Å². The third-order valence-corrected chi connectivity index (χ3v) is 2.23. The molecule has 0 spiro atoms. The fourth-order valence-electron chi connectivity index (χ4n) is 1.14. The number of carbonyl (C=O) groups excluding carboxylic acids is 2. The molecule has 5 heteroatoms. The molecule has 16 heavy (non-hydrogen) atoms. The van der Waals surface area contributed by atoms with E-state index in [4.69, 9.17) is 9.94 Å². The lowest BCUT2D eigenvalue weighted by atomic mass is 9.96. The molecule has 0 aromatic heterocycles. The molecule has 0 fully saturated rings. The van der Waals surface area contributed by atoms with Gasteiger partial charge in [0.25, 0.3) is 5.78 Å². The third-order valence-electron chi connectivity index (χ3n) is 2.23. The molecule has 0 heterocycles. The number of Topliss-reactive ketones (excluding diaryl/α,β-unsaturated/α-hetero) is 1. The summed E-state index contributed by atoms with van der Waals surface area (Å²) in [5.74, 6) is -1.80. The summed E-state index contributed by atoms with van der Waals surface area (Å²) in [7, 11) is 0. The van der Waals surface area contributed by atoms with E-state index in [0.717, 1.165) is 0 Å². The van der Waals surface area contributed by atoms with Crippen molar-refractivity contribution in [1.29, 1.82) is 0 Å². The maximum Gasteiger partial charge on any atom is 0.376 e. The van der Waals surface area contributed by atoms with Crippen LogP contribution in [0.15, 0.2) is 0 Å². The lowest BCUT2D eigenvalue weighted by Crippen LogP contribution is -2.45. The molecule has 0 aliphatic carbocycles. The van der Waals surface area contributed by atoms with E-state index in [1.807, 2.05) is 12.4 Å². The monoisotopic (exact) mass is 231 g/mol. The van der Waals surface area contributed by atoms with Gasteiger partial charge in [-0.3, -0.25) is 4.79 Å². The standard InChI is InChI=1S/C11H21NO4/c1-6-7(2)8(12-15)9(13)10(14)16-11(3,4)5/h7-8,12,15H,6H2,1-5H3/t7-,8?/m0/s1. The number of hydrogen-bond donors (Lipinski definition) is 2. The van der Waals surface area contributed by atoms with Gasteiger partial charge in [0.2, 0.25) is 0 Å². The van der Waals surface area contributed by atoms with Crippen molar-refractivity contribution in [2.24, 2.45) is 5.92 Å². The van der Waals surface area contributed by atoms with E-state index in [2.05, 4.69) is 0 Å². The Kier molecular flexibility index (Phi) is 5.61. The summed E-state index contributed by atoms with van der Waals surface area (Å²) in [5, 5.41) is 8.87. The normalized spacial score (nSPS) is 15.4. The molecular formula is C11H21NO4. The van der Waals surface area contributed by atoms with Gasteiger partial charge < -0.3 is 9.94 Å². The van der Waals surface area contributed by atoms with E-state index >= 15 is 0 Å². The molecule has 0 saturated heterocycles. The van der Waals surface area contributed by atoms with Gasteiger partial charge in [0, 0.05) is 0 Å². The molecule has 94 valence electrons. The Morgan fingerprint density at radius 3 is 2.19 bits per heavy atom. The van der Waals surface area contributed by atoms with Gasteiger partial charge in [-0.25, -0.2) is 4.79 Å². The molecule has 0 bridgehead atoms. The number of ether oxygens (including phenoxy) is 1. The largest absolute Gasteiger partial charge is 0.454 e. The molecular weight excluding hydrogens is 210 g/mol. The Morgan fingerprint density at radius 1 is 1.38 bits per heavy atom. The highest BCUT2D eigenvalue weighted by Gasteiger charge is 2.32. The molecule has 0 aromatic carbocycles. The van der Waals surface area contributed by atoms with Crippen LogP contribution >= 0.6 is 0 Å². The Morgan fingerprint density at radius 2 is 1.88 bits per heavy atom. The summed E-state index contributed by atoms with van der Waals surface area (Å²) in [5.41, 5.74) is 1.16. The van der Waals surface area contributed by atoms with Crippen molar-refractivity contribution < 1.29 is 19.5 Å². The zero-order valence-corrected chi connectivity index (χ0v) is 10.5. The van der Waals surface area contributed by atoms with Gasteiger partial charge in [0.1, 0.15) is 11.6 Å². The van der Waals surface area contributed by atoms with E-state index in [1.165, 1.54) is 0 Å². The molecule has 0 rings (SSSR count). The Hall–Kier alpha value is -0.940. The average Bonchev–Trinajstić information content (AvgIpc) is 2.15. The first-order chi connectivity index (χ1) is 7.22. The lowest BCUT2D eigenvalue weighted by molar-refractivity contribution is -0.164. The molecule has 2 atom stereocenters. The van der Waals surface area contributed by atoms with Crippen LogP contribution in [0.4, 0.5) is 0 Å². The Balaban J connectivity index is 4.58. The summed E-state index contributed by atoms with van der Waals surface area (Å²) in [6, 6.07) is -0.903. The molecule has 1 unspecified atom stereocenters. The maximum absolute atomic E-state index is 11.7. The Labute approximate surface area is 96.1 Å². The van der Waals surface area contributed by atoms with Crippen molar-refractivity contribution in [3.63, 3.8) is 0 Å². The van der Waals surface area contributed by atoms with Crippen LogP contribution in [0.3, 0.4) is 0 Å². The summed E-state index contributed by atoms with van der Waals surface area (Å²) in [6.45, 7) is 8.70. The van der Waals surface area contributed by atoms with Crippen LogP contribution < -0.4 is 5.48 Å². The molecule has 5 nitrogen and oxygen atoms in total. The van der Waals surface area contributed by atoms with Crippen molar-refractivity contribution in [1.82, 2.24) is 5.48 Å². The van der Waals surface area contributed by atoms with Gasteiger partial charge in [-0.15, -0.1) is 0 Å². The van der Waals surface area contributed by atoms with Crippen LogP contribution in [0, 0.1) is 5.92 Å². The predicted molar refractivity (Wildman–Crippen MR) is 59.0 cm³/mol. The van der Waals surface area contributed by atoms with Crippen molar-refractivity contribution in [3.05, 3.63) is 0 Å². The van der Waals surface area contributed by atoms with Gasteiger partial charge in [-0.05, 0) is 26.7 Å². The summed E-state index contributed by atoms with van der Waals surface area (Å²) >= 11 is 0. The number of rotatable bonds is 5. The highest BCUT2D eigenvalue weighted by molar-refractivity contribution is 6.35. The number of hydrogen-bond acceptors (Lipinski definition) is 5. The quantitative estimate of drug-likeness (QED) is 0.423. The van der Waals surface area contributed by atoms with Crippen LogP contribution in [0.2, 0.25) is 0 Å². The molecule has 0 amide bonds. The van der Waals surface area contributed by atoms with E-state index in [1.54, 1.807) is 27.7 Å². The molecule has 0 aromatic rings. The SMILES string of the molecule is CC[C@H](C)C(NO)C(=O)C(=O)OC(C)(C)C. The van der Waals surface area contributed by atoms with E-state index in [0.29, 0.717) is 6.42 Å². The average molecular weight is 231 g/mol. The minimum absolute atomic E-state index is 0.134. The lowest BCUT2D eigenvalue weighted by Gasteiger charge is -2.23. The zero-order valence-electron chi connectivity index (χ0n) is 10.5. The highest BCUT2D eigenvalue weighted by atomic mass is 16.6. The van der Waals surface area contributed by atoms with E-state index < -0.39 is 23.4 Å². The van der Waals surface area contributed by atoms with Crippen molar-refractivity contribution in [3.8, 4) is 0 Å². The van der Waals surface area contributed by atoms with Crippen LogP contribution in [0.5, 0.6) is 0 Å². The van der Waals surface area contributed by atoms with Gasteiger partial charge in [-0.2, -0.15) is 5.48 Å². The molecule has 0 aliphatic heterocycles. The fraction of sp³-hybridized carbons (Fsp3) is 0.818. The molecule has 0 radical (unpaired) electrons. The molecule has 2 N–H and O–H groups in total. The topological polar surface area (TPSA) is 75.6 Å². The first kappa shape index (κ1) is 15.1. The van der Waals surface area contributed by atoms with E-state index in [-0.39, 0.29) is 5.92 Å². The predicted octanol–water partition coefficient (Wildman–Crippen LogP) is 1.29. The smallest absolute Gasteiger partial charge is 0.376 e. The second-order valence-corrected chi connectivity index (χ2v) is 4.86. The maximum atomic E-state index is 11.7. The van der Waals surface area contributed by atoms with Crippen molar-refractivity contribution in [2.45, 2.75) is 52.7 Å². The Bertz CT molecular complexity index is 257. The first-order valence-corrected chi connectivity index (χ1v) is 5.39. The van der Waals surface area contributed by atoms with Crippen LogP contribution in [-0.4, -0.2) is 28.6 Å². The number of ketones is 1. The number of carbonyl (C=O) groups is 2. The van der Waals surface area contributed by atoms with E-state index in [9.17, 15) is 9.59 Å². The highest BCUT2D eigenvalue weighted by Crippen LogP contribution is 2.12. The third kappa shape index (κ3) is 4.72. The van der Waals surface area contributed by atoms with Crippen LogP contribution in [0.25, 0.3) is 0 Å². The summed E-state index contributed by atoms with van der Waals surface area (Å²) in [6.07, 6.45) is 0.673. The van der Waals surface area contributed by atoms with Gasteiger partial charge in [-0.1, -0.05) is 20.3 Å². The zero-order chi connectivity index (χ0) is 12.9. The number of esters is 1. The second-order valence-electron chi connectivity index (χ2n) is 4.86. The minimum atomic E-state index is -0.917.